The van der Waals surface area contributed by atoms with Crippen LogP contribution >= 0.6 is 11.6 Å². The summed E-state index contributed by atoms with van der Waals surface area (Å²) in [5, 5.41) is 2.07. The van der Waals surface area contributed by atoms with Gasteiger partial charge in [-0.1, -0.05) is 48.0 Å². The fraction of sp³-hybridized carbons (Fsp3) is 0.333. The molecule has 0 saturated heterocycles. The summed E-state index contributed by atoms with van der Waals surface area (Å²) in [5.74, 6) is 0.825. The van der Waals surface area contributed by atoms with E-state index >= 15 is 0 Å². The van der Waals surface area contributed by atoms with E-state index < -0.39 is 0 Å². The van der Waals surface area contributed by atoms with Gasteiger partial charge in [-0.3, -0.25) is 4.90 Å². The summed E-state index contributed by atoms with van der Waals surface area (Å²) < 4.78 is 0. The van der Waals surface area contributed by atoms with Crippen LogP contribution in [0, 0.1) is 5.92 Å². The van der Waals surface area contributed by atoms with Crippen molar-refractivity contribution in [3.63, 3.8) is 0 Å². The van der Waals surface area contributed by atoms with Crippen LogP contribution < -0.4 is 0 Å². The van der Waals surface area contributed by atoms with Gasteiger partial charge in [-0.2, -0.15) is 0 Å². The molecule has 27 heavy (non-hydrogen) atoms. The smallest absolute Gasteiger partial charge is 0.0475 e. The molecule has 2 aromatic carbocycles. The largest absolute Gasteiger partial charge is 0.361 e. The van der Waals surface area contributed by atoms with Gasteiger partial charge in [0.2, 0.25) is 0 Å². The Labute approximate surface area is 165 Å². The molecule has 138 valence electrons. The average molecular weight is 377 g/mol. The molecule has 3 aromatic rings. The molecule has 1 aliphatic heterocycles. The Morgan fingerprint density at radius 2 is 1.89 bits per heavy atom. The molecule has 0 atom stereocenters. The van der Waals surface area contributed by atoms with E-state index in [2.05, 4.69) is 52.5 Å². The molecular formula is C24H25ClN2. The first-order valence-corrected chi connectivity index (χ1v) is 10.4. The van der Waals surface area contributed by atoms with Gasteiger partial charge in [0.1, 0.15) is 0 Å². The van der Waals surface area contributed by atoms with Crippen LogP contribution in [0.15, 0.2) is 54.7 Å². The number of nitrogens with zero attached hydrogens (tertiary/aromatic N) is 1. The van der Waals surface area contributed by atoms with Crippen LogP contribution in [0.25, 0.3) is 16.5 Å². The van der Waals surface area contributed by atoms with Gasteiger partial charge in [-0.25, -0.2) is 0 Å². The third-order valence-corrected chi connectivity index (χ3v) is 6.51. The maximum absolute atomic E-state index is 6.11. The lowest BCUT2D eigenvalue weighted by molar-refractivity contribution is 0.275. The van der Waals surface area contributed by atoms with E-state index in [9.17, 15) is 0 Å². The van der Waals surface area contributed by atoms with Crippen molar-refractivity contribution in [2.24, 2.45) is 5.92 Å². The Kier molecular flexibility index (Phi) is 4.55. The molecule has 0 fully saturated rings. The summed E-state index contributed by atoms with van der Waals surface area (Å²) in [7, 11) is 0. The Balaban J connectivity index is 1.20. The van der Waals surface area contributed by atoms with E-state index in [0.717, 1.165) is 36.0 Å². The molecule has 0 amide bonds. The third-order valence-electron chi connectivity index (χ3n) is 6.27. The minimum absolute atomic E-state index is 0.786. The number of hydrogen-bond donors (Lipinski definition) is 1. The number of aromatic amines is 1. The first-order valence-electron chi connectivity index (χ1n) is 10.0. The lowest BCUT2D eigenvalue weighted by Gasteiger charge is -2.27. The van der Waals surface area contributed by atoms with Crippen molar-refractivity contribution in [2.75, 3.05) is 19.6 Å². The zero-order valence-electron chi connectivity index (χ0n) is 15.5. The van der Waals surface area contributed by atoms with Gasteiger partial charge in [0, 0.05) is 40.8 Å². The van der Waals surface area contributed by atoms with Crippen LogP contribution in [0.1, 0.15) is 29.5 Å². The number of aromatic nitrogens is 1. The van der Waals surface area contributed by atoms with Crippen LogP contribution in [0.3, 0.4) is 0 Å². The van der Waals surface area contributed by atoms with Gasteiger partial charge >= 0.3 is 0 Å². The molecule has 0 unspecified atom stereocenters. The monoisotopic (exact) mass is 376 g/mol. The standard InChI is InChI=1S/C24H25ClN2/c25-21-5-6-22-23(16-26-24(22)15-21)18-8-11-27(12-9-18)10-7-17-13-19-3-1-2-4-20(19)14-17/h1-6,8,15-17,26H,7,9-14H2. The number of benzene rings is 2. The Morgan fingerprint density at radius 3 is 2.63 bits per heavy atom. The molecular weight excluding hydrogens is 352 g/mol. The lowest BCUT2D eigenvalue weighted by atomic mass is 9.97. The van der Waals surface area contributed by atoms with Crippen molar-refractivity contribution in [3.05, 3.63) is 76.5 Å². The van der Waals surface area contributed by atoms with Gasteiger partial charge in [0.05, 0.1) is 0 Å². The molecule has 3 heteroatoms. The number of H-pyrrole nitrogens is 1. The SMILES string of the molecule is Clc1ccc2c(C3=CCN(CCC4Cc5ccccc5C4)CC3)c[nH]c2c1. The summed E-state index contributed by atoms with van der Waals surface area (Å²) in [6.45, 7) is 3.44. The molecule has 1 aliphatic carbocycles. The van der Waals surface area contributed by atoms with Crippen LogP contribution in [0.4, 0.5) is 0 Å². The predicted molar refractivity (Wildman–Crippen MR) is 114 cm³/mol. The number of rotatable bonds is 4. The highest BCUT2D eigenvalue weighted by molar-refractivity contribution is 6.31. The van der Waals surface area contributed by atoms with Gasteiger partial charge in [-0.15, -0.1) is 0 Å². The highest BCUT2D eigenvalue weighted by Crippen LogP contribution is 2.32. The second-order valence-corrected chi connectivity index (χ2v) is 8.44. The van der Waals surface area contributed by atoms with Crippen molar-refractivity contribution >= 4 is 28.1 Å². The molecule has 1 N–H and O–H groups in total. The Morgan fingerprint density at radius 1 is 1.07 bits per heavy atom. The minimum atomic E-state index is 0.786. The number of halogens is 1. The molecule has 2 heterocycles. The number of hydrogen-bond acceptors (Lipinski definition) is 1. The number of fused-ring (bicyclic) bond motifs is 2. The Bertz CT molecular complexity index is 976. The number of nitrogens with one attached hydrogen (secondary N) is 1. The van der Waals surface area contributed by atoms with Crippen LogP contribution in [-0.4, -0.2) is 29.5 Å². The van der Waals surface area contributed by atoms with Crippen LogP contribution in [0.5, 0.6) is 0 Å². The quantitative estimate of drug-likeness (QED) is 0.617. The van der Waals surface area contributed by atoms with Crippen molar-refractivity contribution < 1.29 is 0 Å². The third kappa shape index (κ3) is 3.44. The van der Waals surface area contributed by atoms with Crippen molar-refractivity contribution in [2.45, 2.75) is 25.7 Å². The molecule has 0 bridgehead atoms. The van der Waals surface area contributed by atoms with E-state index in [1.165, 1.54) is 42.3 Å². The minimum Gasteiger partial charge on any atom is -0.361 e. The van der Waals surface area contributed by atoms with E-state index in [4.69, 9.17) is 11.6 Å². The van der Waals surface area contributed by atoms with Gasteiger partial charge < -0.3 is 4.98 Å². The van der Waals surface area contributed by atoms with E-state index in [1.54, 1.807) is 11.1 Å². The van der Waals surface area contributed by atoms with Crippen molar-refractivity contribution in [3.8, 4) is 0 Å². The van der Waals surface area contributed by atoms with Gasteiger partial charge in [0.15, 0.2) is 0 Å². The summed E-state index contributed by atoms with van der Waals surface area (Å²) in [6, 6.07) is 15.1. The normalized spacial score (nSPS) is 18.0. The summed E-state index contributed by atoms with van der Waals surface area (Å²) in [4.78, 5) is 5.98. The molecule has 0 radical (unpaired) electrons. The fourth-order valence-corrected chi connectivity index (χ4v) is 4.91. The predicted octanol–water partition coefficient (Wildman–Crippen LogP) is 5.72. The maximum Gasteiger partial charge on any atom is 0.0475 e. The first-order chi connectivity index (χ1) is 13.3. The molecule has 2 aliphatic rings. The maximum atomic E-state index is 6.11. The Hall–Kier alpha value is -2.03. The second-order valence-electron chi connectivity index (χ2n) is 8.00. The zero-order valence-corrected chi connectivity index (χ0v) is 16.3. The van der Waals surface area contributed by atoms with Gasteiger partial charge in [0.25, 0.3) is 0 Å². The van der Waals surface area contributed by atoms with E-state index in [0.29, 0.717) is 0 Å². The molecule has 0 saturated carbocycles. The second kappa shape index (κ2) is 7.18. The molecule has 1 aromatic heterocycles. The van der Waals surface area contributed by atoms with E-state index in [-0.39, 0.29) is 0 Å². The highest BCUT2D eigenvalue weighted by Gasteiger charge is 2.22. The summed E-state index contributed by atoms with van der Waals surface area (Å²) >= 11 is 6.11. The average Bonchev–Trinajstić information content (AvgIpc) is 3.30. The lowest BCUT2D eigenvalue weighted by Crippen LogP contribution is -2.30. The van der Waals surface area contributed by atoms with Crippen molar-refractivity contribution in [1.82, 2.24) is 9.88 Å². The molecule has 2 nitrogen and oxygen atoms in total. The topological polar surface area (TPSA) is 19.0 Å². The highest BCUT2D eigenvalue weighted by atomic mass is 35.5. The van der Waals surface area contributed by atoms with Crippen molar-refractivity contribution in [1.29, 1.82) is 0 Å². The fourth-order valence-electron chi connectivity index (χ4n) is 4.74. The van der Waals surface area contributed by atoms with E-state index in [1.807, 2.05) is 12.1 Å². The summed E-state index contributed by atoms with van der Waals surface area (Å²) in [6.07, 6.45) is 9.53. The van der Waals surface area contributed by atoms with Crippen LogP contribution in [0.2, 0.25) is 5.02 Å². The van der Waals surface area contributed by atoms with Gasteiger partial charge in [-0.05, 0) is 67.0 Å². The first kappa shape index (κ1) is 17.1. The zero-order chi connectivity index (χ0) is 18.2. The van der Waals surface area contributed by atoms with Crippen LogP contribution in [-0.2, 0) is 12.8 Å². The molecule has 5 rings (SSSR count). The summed E-state index contributed by atoms with van der Waals surface area (Å²) in [5.41, 5.74) is 7.08. The molecule has 0 spiro atoms.